The van der Waals surface area contributed by atoms with Gasteiger partial charge in [-0.15, -0.1) is 0 Å². The van der Waals surface area contributed by atoms with E-state index in [2.05, 4.69) is 4.74 Å². The molecule has 2 rings (SSSR count). The second-order valence-electron chi connectivity index (χ2n) is 4.19. The van der Waals surface area contributed by atoms with E-state index in [1.165, 1.54) is 31.4 Å². The van der Waals surface area contributed by atoms with E-state index in [-0.39, 0.29) is 16.6 Å². The molecule has 1 aliphatic heterocycles. The number of non-ortho nitro benzene ring substituents is 1. The average Bonchev–Trinajstić information content (AvgIpc) is 2.75. The molecular weight excluding hydrogens is 328 g/mol. The number of amides is 1. The third-order valence-electron chi connectivity index (χ3n) is 2.79. The molecule has 1 aromatic carbocycles. The lowest BCUT2D eigenvalue weighted by molar-refractivity contribution is -0.384. The van der Waals surface area contributed by atoms with Crippen LogP contribution >= 0.6 is 24.0 Å². The van der Waals surface area contributed by atoms with Crippen molar-refractivity contribution in [3.05, 3.63) is 44.8 Å². The highest BCUT2D eigenvalue weighted by atomic mass is 32.2. The first-order valence-corrected chi connectivity index (χ1v) is 7.21. The summed E-state index contributed by atoms with van der Waals surface area (Å²) >= 11 is 6.13. The lowest BCUT2D eigenvalue weighted by atomic mass is 10.2. The van der Waals surface area contributed by atoms with Crippen molar-refractivity contribution < 1.29 is 19.2 Å². The number of esters is 1. The molecule has 0 radical (unpaired) electrons. The van der Waals surface area contributed by atoms with Crippen molar-refractivity contribution in [2.45, 2.75) is 0 Å². The number of hydrogen-bond donors (Lipinski definition) is 0. The Morgan fingerprint density at radius 3 is 2.64 bits per heavy atom. The van der Waals surface area contributed by atoms with Crippen molar-refractivity contribution in [1.29, 1.82) is 0 Å². The van der Waals surface area contributed by atoms with Crippen LogP contribution in [-0.4, -0.2) is 39.7 Å². The summed E-state index contributed by atoms with van der Waals surface area (Å²) in [6, 6.07) is 5.76. The fraction of sp³-hybridized carbons (Fsp3) is 0.154. The van der Waals surface area contributed by atoms with Gasteiger partial charge in [-0.3, -0.25) is 24.6 Å². The third-order valence-corrected chi connectivity index (χ3v) is 4.17. The van der Waals surface area contributed by atoms with E-state index in [4.69, 9.17) is 12.2 Å². The van der Waals surface area contributed by atoms with Crippen molar-refractivity contribution in [3.8, 4) is 0 Å². The summed E-state index contributed by atoms with van der Waals surface area (Å²) in [5.74, 6) is -0.952. The molecule has 1 amide bonds. The zero-order valence-electron chi connectivity index (χ0n) is 11.3. The average molecular weight is 338 g/mol. The van der Waals surface area contributed by atoms with Crippen LogP contribution in [0.3, 0.4) is 0 Å². The monoisotopic (exact) mass is 338 g/mol. The molecule has 1 fully saturated rings. The van der Waals surface area contributed by atoms with Crippen LogP contribution in [-0.2, 0) is 14.3 Å². The summed E-state index contributed by atoms with van der Waals surface area (Å²) in [5.41, 5.74) is 0.597. The fourth-order valence-electron chi connectivity index (χ4n) is 1.67. The van der Waals surface area contributed by atoms with Crippen LogP contribution < -0.4 is 0 Å². The number of ether oxygens (including phenoxy) is 1. The highest BCUT2D eigenvalue weighted by Crippen LogP contribution is 2.32. The van der Waals surface area contributed by atoms with Crippen molar-refractivity contribution in [3.63, 3.8) is 0 Å². The Hall–Kier alpha value is -2.26. The number of benzene rings is 1. The fourth-order valence-corrected chi connectivity index (χ4v) is 2.93. The number of carbonyl (C=O) groups is 2. The number of methoxy groups -OCH3 is 1. The molecule has 9 heteroatoms. The molecule has 1 aliphatic rings. The number of hydrogen-bond acceptors (Lipinski definition) is 7. The smallest absolute Gasteiger partial charge is 0.325 e. The lowest BCUT2D eigenvalue weighted by Crippen LogP contribution is -2.33. The van der Waals surface area contributed by atoms with Gasteiger partial charge in [0.15, 0.2) is 0 Å². The van der Waals surface area contributed by atoms with Gasteiger partial charge in [0.2, 0.25) is 0 Å². The van der Waals surface area contributed by atoms with E-state index in [1.54, 1.807) is 6.08 Å². The van der Waals surface area contributed by atoms with Crippen LogP contribution in [0.1, 0.15) is 5.56 Å². The molecule has 114 valence electrons. The Balaban J connectivity index is 2.19. The minimum Gasteiger partial charge on any atom is -0.468 e. The maximum Gasteiger partial charge on any atom is 0.325 e. The molecular formula is C13H10N2O5S2. The number of rotatable bonds is 4. The zero-order chi connectivity index (χ0) is 16.3. The predicted molar refractivity (Wildman–Crippen MR) is 85.0 cm³/mol. The van der Waals surface area contributed by atoms with Crippen LogP contribution in [0.25, 0.3) is 6.08 Å². The van der Waals surface area contributed by atoms with E-state index in [1.807, 2.05) is 0 Å². The molecule has 0 atom stereocenters. The zero-order valence-corrected chi connectivity index (χ0v) is 13.0. The second-order valence-corrected chi connectivity index (χ2v) is 5.87. The van der Waals surface area contributed by atoms with Gasteiger partial charge in [-0.2, -0.15) is 0 Å². The van der Waals surface area contributed by atoms with Gasteiger partial charge < -0.3 is 4.74 Å². The Labute approximate surface area is 135 Å². The molecule has 7 nitrogen and oxygen atoms in total. The van der Waals surface area contributed by atoms with Gasteiger partial charge in [0.1, 0.15) is 10.9 Å². The highest BCUT2D eigenvalue weighted by Gasteiger charge is 2.33. The highest BCUT2D eigenvalue weighted by molar-refractivity contribution is 8.26. The van der Waals surface area contributed by atoms with Crippen LogP contribution in [0.5, 0.6) is 0 Å². The molecule has 0 bridgehead atoms. The quantitative estimate of drug-likeness (QED) is 0.272. The summed E-state index contributed by atoms with van der Waals surface area (Å²) in [5, 5.41) is 10.6. The van der Waals surface area contributed by atoms with Gasteiger partial charge in [-0.25, -0.2) is 0 Å². The molecule has 0 aliphatic carbocycles. The van der Waals surface area contributed by atoms with Crippen molar-refractivity contribution in [1.82, 2.24) is 4.90 Å². The van der Waals surface area contributed by atoms with Gasteiger partial charge in [0.05, 0.1) is 16.9 Å². The Kier molecular flexibility index (Phi) is 4.88. The van der Waals surface area contributed by atoms with Crippen LogP contribution in [0.4, 0.5) is 5.69 Å². The lowest BCUT2D eigenvalue weighted by Gasteiger charge is -2.11. The minimum absolute atomic E-state index is 0.0320. The van der Waals surface area contributed by atoms with Gasteiger partial charge >= 0.3 is 5.97 Å². The normalized spacial score (nSPS) is 16.2. The summed E-state index contributed by atoms with van der Waals surface area (Å²) in [6.45, 7) is -0.237. The third kappa shape index (κ3) is 3.49. The molecule has 1 aromatic rings. The summed E-state index contributed by atoms with van der Waals surface area (Å²) in [4.78, 5) is 35.0. The SMILES string of the molecule is COC(=O)CN1C(=O)/C(=C\c2ccc([N+](=O)[O-])cc2)SC1=S. The molecule has 1 heterocycles. The molecule has 0 aromatic heterocycles. The first kappa shape index (κ1) is 16.1. The first-order valence-electron chi connectivity index (χ1n) is 5.99. The van der Waals surface area contributed by atoms with Gasteiger partial charge in [-0.1, -0.05) is 24.0 Å². The molecule has 0 spiro atoms. The van der Waals surface area contributed by atoms with Gasteiger partial charge in [0, 0.05) is 12.1 Å². The first-order chi connectivity index (χ1) is 10.4. The number of thiocarbonyl (C=S) groups is 1. The van der Waals surface area contributed by atoms with Crippen molar-refractivity contribution in [2.75, 3.05) is 13.7 Å². The number of nitro benzene ring substituents is 1. The molecule has 0 unspecified atom stereocenters. The molecule has 0 N–H and O–H groups in total. The Bertz CT molecular complexity index is 684. The topological polar surface area (TPSA) is 89.8 Å². The minimum atomic E-state index is -0.562. The number of nitro groups is 1. The van der Waals surface area contributed by atoms with E-state index in [0.29, 0.717) is 10.5 Å². The maximum atomic E-state index is 12.2. The Morgan fingerprint density at radius 2 is 2.09 bits per heavy atom. The van der Waals surface area contributed by atoms with Crippen molar-refractivity contribution >= 4 is 51.9 Å². The van der Waals surface area contributed by atoms with E-state index < -0.39 is 16.8 Å². The Morgan fingerprint density at radius 1 is 1.45 bits per heavy atom. The number of nitrogens with zero attached hydrogens (tertiary/aromatic N) is 2. The second kappa shape index (κ2) is 6.67. The van der Waals surface area contributed by atoms with Crippen molar-refractivity contribution in [2.24, 2.45) is 0 Å². The summed E-state index contributed by atoms with van der Waals surface area (Å²) in [7, 11) is 1.23. The van der Waals surface area contributed by atoms with Crippen LogP contribution in [0, 0.1) is 10.1 Å². The number of carbonyl (C=O) groups excluding carboxylic acids is 2. The molecule has 0 saturated carbocycles. The molecule has 1 saturated heterocycles. The van der Waals surface area contributed by atoms with Crippen LogP contribution in [0.15, 0.2) is 29.2 Å². The summed E-state index contributed by atoms with van der Waals surface area (Å²) in [6.07, 6.45) is 1.57. The maximum absolute atomic E-state index is 12.2. The van der Waals surface area contributed by atoms with Gasteiger partial charge in [0.25, 0.3) is 11.6 Å². The van der Waals surface area contributed by atoms with E-state index in [9.17, 15) is 19.7 Å². The standard InChI is InChI=1S/C13H10N2O5S2/c1-20-11(16)7-14-12(17)10(22-13(14)21)6-8-2-4-9(5-3-8)15(18)19/h2-6H,7H2,1H3/b10-6+. The van der Waals surface area contributed by atoms with E-state index in [0.717, 1.165) is 16.7 Å². The predicted octanol–water partition coefficient (Wildman–Crippen LogP) is 1.97. The largest absolute Gasteiger partial charge is 0.468 e. The van der Waals surface area contributed by atoms with E-state index >= 15 is 0 Å². The van der Waals surface area contributed by atoms with Gasteiger partial charge in [-0.05, 0) is 23.8 Å². The number of thioether (sulfide) groups is 1. The molecule has 22 heavy (non-hydrogen) atoms. The summed E-state index contributed by atoms with van der Waals surface area (Å²) < 4.78 is 4.78. The van der Waals surface area contributed by atoms with Crippen LogP contribution in [0.2, 0.25) is 0 Å².